The molecule has 0 spiro atoms. The van der Waals surface area contributed by atoms with Crippen LogP contribution in [-0.4, -0.2) is 11.3 Å². The molecular formula is C22H13BrF3NO3. The van der Waals surface area contributed by atoms with Crippen LogP contribution in [0.4, 0.5) is 13.2 Å². The minimum atomic E-state index is -4.74. The Morgan fingerprint density at radius 2 is 1.40 bits per heavy atom. The Kier molecular flexibility index (Phi) is 5.26. The summed E-state index contributed by atoms with van der Waals surface area (Å²) in [6, 6.07) is 19.0. The molecule has 152 valence electrons. The van der Waals surface area contributed by atoms with E-state index in [0.29, 0.717) is 28.1 Å². The van der Waals surface area contributed by atoms with Crippen molar-refractivity contribution >= 4 is 26.8 Å². The fourth-order valence-corrected chi connectivity index (χ4v) is 3.29. The van der Waals surface area contributed by atoms with Crippen LogP contribution < -0.4 is 14.9 Å². The molecule has 3 aromatic carbocycles. The second-order valence-corrected chi connectivity index (χ2v) is 7.30. The molecule has 0 saturated carbocycles. The molecule has 0 aliphatic carbocycles. The Labute approximate surface area is 177 Å². The van der Waals surface area contributed by atoms with Crippen LogP contribution in [0.3, 0.4) is 0 Å². The maximum absolute atomic E-state index is 12.4. The van der Waals surface area contributed by atoms with Crippen molar-refractivity contribution in [1.29, 1.82) is 0 Å². The third-order valence-corrected chi connectivity index (χ3v) is 4.74. The number of halogens is 4. The lowest BCUT2D eigenvalue weighted by molar-refractivity contribution is -0.274. The summed E-state index contributed by atoms with van der Waals surface area (Å²) >= 11 is 3.40. The first-order valence-electron chi connectivity index (χ1n) is 8.73. The standard InChI is InChI=1S/C22H13BrF3NO3/c23-14-3-10-18-20(11-14)27-19(12-21(18)28)13-1-4-15(5-2-13)29-16-6-8-17(9-7-16)30-22(24,25)26/h1-12H,(H,27,28). The number of hydrogen-bond acceptors (Lipinski definition) is 3. The van der Waals surface area contributed by atoms with Gasteiger partial charge in [-0.3, -0.25) is 4.79 Å². The monoisotopic (exact) mass is 475 g/mol. The molecule has 0 unspecified atom stereocenters. The lowest BCUT2D eigenvalue weighted by atomic mass is 10.1. The molecule has 1 heterocycles. The van der Waals surface area contributed by atoms with E-state index in [1.165, 1.54) is 30.3 Å². The van der Waals surface area contributed by atoms with Crippen LogP contribution in [0.15, 0.2) is 82.1 Å². The number of nitrogens with one attached hydrogen (secondary N) is 1. The van der Waals surface area contributed by atoms with Crippen molar-refractivity contribution in [3.63, 3.8) is 0 Å². The Bertz CT molecular complexity index is 1250. The molecule has 0 aliphatic rings. The van der Waals surface area contributed by atoms with Gasteiger partial charge in [-0.1, -0.05) is 15.9 Å². The summed E-state index contributed by atoms with van der Waals surface area (Å²) in [5.74, 6) is 0.535. The van der Waals surface area contributed by atoms with Crippen LogP contribution in [0.25, 0.3) is 22.2 Å². The van der Waals surface area contributed by atoms with Gasteiger partial charge in [0.2, 0.25) is 0 Å². The van der Waals surface area contributed by atoms with Crippen molar-refractivity contribution < 1.29 is 22.6 Å². The molecule has 0 fully saturated rings. The van der Waals surface area contributed by atoms with E-state index in [0.717, 1.165) is 10.0 Å². The molecule has 1 N–H and O–H groups in total. The minimum absolute atomic E-state index is 0.0901. The van der Waals surface area contributed by atoms with Gasteiger partial charge in [-0.15, -0.1) is 13.2 Å². The highest BCUT2D eigenvalue weighted by Crippen LogP contribution is 2.29. The van der Waals surface area contributed by atoms with Gasteiger partial charge in [0.05, 0.1) is 5.52 Å². The average Bonchev–Trinajstić information content (AvgIpc) is 2.68. The van der Waals surface area contributed by atoms with E-state index in [-0.39, 0.29) is 11.2 Å². The zero-order valence-electron chi connectivity index (χ0n) is 15.2. The number of alkyl halides is 3. The fourth-order valence-electron chi connectivity index (χ4n) is 2.93. The lowest BCUT2D eigenvalue weighted by Crippen LogP contribution is -2.16. The van der Waals surface area contributed by atoms with Gasteiger partial charge in [0.1, 0.15) is 17.2 Å². The Morgan fingerprint density at radius 1 is 0.800 bits per heavy atom. The number of H-pyrrole nitrogens is 1. The molecule has 4 aromatic rings. The third-order valence-electron chi connectivity index (χ3n) is 4.25. The molecule has 30 heavy (non-hydrogen) atoms. The normalized spacial score (nSPS) is 11.5. The topological polar surface area (TPSA) is 51.3 Å². The number of ether oxygens (including phenoxy) is 2. The highest BCUT2D eigenvalue weighted by molar-refractivity contribution is 9.10. The van der Waals surface area contributed by atoms with E-state index < -0.39 is 6.36 Å². The van der Waals surface area contributed by atoms with E-state index in [1.54, 1.807) is 30.3 Å². The number of rotatable bonds is 4. The first kappa shape index (κ1) is 20.0. The summed E-state index contributed by atoms with van der Waals surface area (Å²) in [5, 5.41) is 0.597. The molecule has 8 heteroatoms. The van der Waals surface area contributed by atoms with E-state index in [4.69, 9.17) is 4.74 Å². The molecule has 0 amide bonds. The van der Waals surface area contributed by atoms with Crippen molar-refractivity contribution in [2.75, 3.05) is 0 Å². The van der Waals surface area contributed by atoms with Crippen LogP contribution in [0, 0.1) is 0 Å². The minimum Gasteiger partial charge on any atom is -0.457 e. The Balaban J connectivity index is 1.53. The quantitative estimate of drug-likeness (QED) is 0.359. The van der Waals surface area contributed by atoms with Crippen molar-refractivity contribution in [2.45, 2.75) is 6.36 Å². The first-order chi connectivity index (χ1) is 14.3. The predicted molar refractivity (Wildman–Crippen MR) is 111 cm³/mol. The van der Waals surface area contributed by atoms with Crippen LogP contribution in [0.1, 0.15) is 0 Å². The largest absolute Gasteiger partial charge is 0.573 e. The molecule has 0 saturated heterocycles. The molecule has 0 radical (unpaired) electrons. The number of hydrogen-bond donors (Lipinski definition) is 1. The average molecular weight is 476 g/mol. The van der Waals surface area contributed by atoms with E-state index in [9.17, 15) is 18.0 Å². The SMILES string of the molecule is O=c1cc(-c2ccc(Oc3ccc(OC(F)(F)F)cc3)cc2)[nH]c2cc(Br)ccc12. The summed E-state index contributed by atoms with van der Waals surface area (Å²) in [7, 11) is 0. The zero-order valence-corrected chi connectivity index (χ0v) is 16.8. The summed E-state index contributed by atoms with van der Waals surface area (Å²) in [6.45, 7) is 0. The van der Waals surface area contributed by atoms with Crippen LogP contribution in [0.5, 0.6) is 17.2 Å². The van der Waals surface area contributed by atoms with Crippen LogP contribution in [-0.2, 0) is 0 Å². The first-order valence-corrected chi connectivity index (χ1v) is 9.53. The zero-order chi connectivity index (χ0) is 21.3. The molecule has 4 rings (SSSR count). The van der Waals surface area contributed by atoms with Gasteiger partial charge in [-0.25, -0.2) is 0 Å². The van der Waals surface area contributed by atoms with E-state index in [2.05, 4.69) is 25.7 Å². The molecule has 0 bridgehead atoms. The van der Waals surface area contributed by atoms with Gasteiger partial charge in [0, 0.05) is 21.6 Å². The van der Waals surface area contributed by atoms with Gasteiger partial charge in [0.25, 0.3) is 0 Å². The Morgan fingerprint density at radius 3 is 2.03 bits per heavy atom. The molecule has 0 atom stereocenters. The number of fused-ring (bicyclic) bond motifs is 1. The summed E-state index contributed by atoms with van der Waals surface area (Å²) in [6.07, 6.45) is -4.74. The maximum Gasteiger partial charge on any atom is 0.573 e. The number of aromatic amines is 1. The molecule has 0 aliphatic heterocycles. The van der Waals surface area contributed by atoms with Gasteiger partial charge in [0.15, 0.2) is 5.43 Å². The van der Waals surface area contributed by atoms with Crippen molar-refractivity contribution in [3.05, 3.63) is 87.5 Å². The van der Waals surface area contributed by atoms with Crippen molar-refractivity contribution in [3.8, 4) is 28.5 Å². The highest BCUT2D eigenvalue weighted by Gasteiger charge is 2.30. The summed E-state index contributed by atoms with van der Waals surface area (Å²) in [4.78, 5) is 15.6. The number of pyridine rings is 1. The van der Waals surface area contributed by atoms with Gasteiger partial charge < -0.3 is 14.5 Å². The molecule has 1 aromatic heterocycles. The third kappa shape index (κ3) is 4.65. The maximum atomic E-state index is 12.4. The molecule has 4 nitrogen and oxygen atoms in total. The van der Waals surface area contributed by atoms with Gasteiger partial charge >= 0.3 is 6.36 Å². The molecular weight excluding hydrogens is 463 g/mol. The summed E-state index contributed by atoms with van der Waals surface area (Å²) < 4.78 is 47.0. The fraction of sp³-hybridized carbons (Fsp3) is 0.0455. The Hall–Kier alpha value is -3.26. The van der Waals surface area contributed by atoms with Gasteiger partial charge in [-0.05, 0) is 72.3 Å². The summed E-state index contributed by atoms with van der Waals surface area (Å²) in [5.41, 5.74) is 2.07. The van der Waals surface area contributed by atoms with E-state index >= 15 is 0 Å². The van der Waals surface area contributed by atoms with Crippen molar-refractivity contribution in [1.82, 2.24) is 4.98 Å². The van der Waals surface area contributed by atoms with Crippen molar-refractivity contribution in [2.24, 2.45) is 0 Å². The number of aromatic nitrogens is 1. The van der Waals surface area contributed by atoms with Crippen LogP contribution in [0.2, 0.25) is 0 Å². The second kappa shape index (κ2) is 7.87. The van der Waals surface area contributed by atoms with Gasteiger partial charge in [-0.2, -0.15) is 0 Å². The van der Waals surface area contributed by atoms with Crippen LogP contribution >= 0.6 is 15.9 Å². The lowest BCUT2D eigenvalue weighted by Gasteiger charge is -2.10. The number of benzene rings is 3. The highest BCUT2D eigenvalue weighted by atomic mass is 79.9. The predicted octanol–water partition coefficient (Wildman–Crippen LogP) is 6.65. The second-order valence-electron chi connectivity index (χ2n) is 6.38. The van der Waals surface area contributed by atoms with E-state index in [1.807, 2.05) is 12.1 Å². The smallest absolute Gasteiger partial charge is 0.457 e.